The van der Waals surface area contributed by atoms with Crippen molar-refractivity contribution in [2.45, 2.75) is 84.0 Å². The Kier molecular flexibility index (Phi) is 10.5. The maximum Gasteiger partial charge on any atom is 0.311 e. The Morgan fingerprint density at radius 1 is 1.24 bits per heavy atom. The van der Waals surface area contributed by atoms with Gasteiger partial charge in [0.2, 0.25) is 0 Å². The van der Waals surface area contributed by atoms with E-state index >= 15 is 0 Å². The second-order valence-corrected chi connectivity index (χ2v) is 8.67. The molecule has 3 nitrogen and oxygen atoms in total. The third kappa shape index (κ3) is 7.65. The molecule has 1 aliphatic carbocycles. The molecule has 0 N–H and O–H groups in total. The minimum Gasteiger partial charge on any atom is -0.465 e. The minimum atomic E-state index is -0.168. The number of aryl methyl sites for hydroxylation is 1. The van der Waals surface area contributed by atoms with Crippen LogP contribution in [-0.4, -0.2) is 11.3 Å². The summed E-state index contributed by atoms with van der Waals surface area (Å²) in [5.41, 5.74) is 3.52. The predicted octanol–water partition coefficient (Wildman–Crippen LogP) is 7.63. The number of hydrogen-bond donors (Lipinski definition) is 0. The highest BCUT2D eigenvalue weighted by molar-refractivity contribution is 9.09. The van der Waals surface area contributed by atoms with Gasteiger partial charge in [-0.05, 0) is 69.6 Å². The lowest BCUT2D eigenvalue weighted by Crippen LogP contribution is -2.13. The van der Waals surface area contributed by atoms with E-state index in [-0.39, 0.29) is 11.9 Å². The first-order valence-electron chi connectivity index (χ1n) is 11.0. The SMILES string of the molecule is C=COc1cc(CCCCC)cc(OC(=O)CCCCBr)c1[C@@H]1C=C(C)CCC1. The van der Waals surface area contributed by atoms with E-state index in [1.54, 1.807) is 0 Å². The van der Waals surface area contributed by atoms with Gasteiger partial charge in [-0.15, -0.1) is 0 Å². The van der Waals surface area contributed by atoms with Crippen molar-refractivity contribution in [3.05, 3.63) is 47.7 Å². The molecule has 0 spiro atoms. The number of benzene rings is 1. The first-order valence-corrected chi connectivity index (χ1v) is 12.1. The lowest BCUT2D eigenvalue weighted by Gasteiger charge is -2.25. The summed E-state index contributed by atoms with van der Waals surface area (Å²) < 4.78 is 11.7. The standard InChI is InChI=1S/C25H35BrO3/c1-4-6-7-12-20-17-22(28-5-2)25(21-13-10-11-19(3)16-21)23(18-20)29-24(27)14-8-9-15-26/h5,16-18,21H,2,4,6-15H2,1,3H3/t21-/m0/s1. The predicted molar refractivity (Wildman–Crippen MR) is 124 cm³/mol. The Bertz CT molecular complexity index is 708. The van der Waals surface area contributed by atoms with Gasteiger partial charge in [0.25, 0.3) is 0 Å². The first-order chi connectivity index (χ1) is 14.1. The van der Waals surface area contributed by atoms with Crippen LogP contribution in [0.1, 0.15) is 88.7 Å². The van der Waals surface area contributed by atoms with Gasteiger partial charge < -0.3 is 9.47 Å². The highest BCUT2D eigenvalue weighted by Crippen LogP contribution is 2.43. The molecule has 160 valence electrons. The van der Waals surface area contributed by atoms with Crippen LogP contribution in [0.4, 0.5) is 0 Å². The van der Waals surface area contributed by atoms with Crippen LogP contribution >= 0.6 is 15.9 Å². The monoisotopic (exact) mass is 462 g/mol. The van der Waals surface area contributed by atoms with E-state index in [1.807, 2.05) is 0 Å². The first kappa shape index (κ1) is 23.7. The molecule has 0 saturated carbocycles. The minimum absolute atomic E-state index is 0.168. The second kappa shape index (κ2) is 12.9. The maximum atomic E-state index is 12.5. The quantitative estimate of drug-likeness (QED) is 0.0799. The van der Waals surface area contributed by atoms with Crippen LogP contribution in [0.25, 0.3) is 0 Å². The van der Waals surface area contributed by atoms with Crippen molar-refractivity contribution in [2.75, 3.05) is 5.33 Å². The number of hydrogen-bond acceptors (Lipinski definition) is 3. The largest absolute Gasteiger partial charge is 0.465 e. The molecular weight excluding hydrogens is 428 g/mol. The van der Waals surface area contributed by atoms with Crippen molar-refractivity contribution < 1.29 is 14.3 Å². The van der Waals surface area contributed by atoms with Gasteiger partial charge in [-0.2, -0.15) is 0 Å². The van der Waals surface area contributed by atoms with E-state index in [9.17, 15) is 4.79 Å². The zero-order valence-electron chi connectivity index (χ0n) is 18.0. The van der Waals surface area contributed by atoms with Crippen LogP contribution in [0.3, 0.4) is 0 Å². The molecule has 2 rings (SSSR count). The molecule has 1 aromatic rings. The van der Waals surface area contributed by atoms with E-state index < -0.39 is 0 Å². The molecule has 4 heteroatoms. The van der Waals surface area contributed by atoms with E-state index in [4.69, 9.17) is 9.47 Å². The fraction of sp³-hybridized carbons (Fsp3) is 0.560. The number of rotatable bonds is 12. The van der Waals surface area contributed by atoms with Crippen molar-refractivity contribution in [1.82, 2.24) is 0 Å². The number of allylic oxidation sites excluding steroid dienone is 2. The smallest absolute Gasteiger partial charge is 0.311 e. The molecule has 29 heavy (non-hydrogen) atoms. The van der Waals surface area contributed by atoms with E-state index in [0.29, 0.717) is 12.2 Å². The summed E-state index contributed by atoms with van der Waals surface area (Å²) in [4.78, 5) is 12.5. The molecule has 1 aromatic carbocycles. The van der Waals surface area contributed by atoms with Gasteiger partial charge in [-0.1, -0.05) is 53.9 Å². The van der Waals surface area contributed by atoms with Gasteiger partial charge in [0.1, 0.15) is 11.5 Å². The Morgan fingerprint density at radius 2 is 2.03 bits per heavy atom. The number of halogens is 1. The third-order valence-electron chi connectivity index (χ3n) is 5.37. The molecule has 0 saturated heterocycles. The van der Waals surface area contributed by atoms with Crippen LogP contribution < -0.4 is 9.47 Å². The molecule has 0 heterocycles. The average Bonchev–Trinajstić information content (AvgIpc) is 2.68. The molecule has 0 unspecified atom stereocenters. The van der Waals surface area contributed by atoms with Crippen LogP contribution in [0.5, 0.6) is 11.5 Å². The molecule has 0 aromatic heterocycles. The number of unbranched alkanes of at least 4 members (excludes halogenated alkanes) is 3. The van der Waals surface area contributed by atoms with Crippen molar-refractivity contribution in [1.29, 1.82) is 0 Å². The topological polar surface area (TPSA) is 35.5 Å². The molecule has 0 aliphatic heterocycles. The summed E-state index contributed by atoms with van der Waals surface area (Å²) in [5.74, 6) is 1.47. The number of esters is 1. The van der Waals surface area contributed by atoms with Gasteiger partial charge in [0.05, 0.1) is 6.26 Å². The van der Waals surface area contributed by atoms with Gasteiger partial charge >= 0.3 is 5.97 Å². The fourth-order valence-electron chi connectivity index (χ4n) is 3.89. The fourth-order valence-corrected chi connectivity index (χ4v) is 4.29. The van der Waals surface area contributed by atoms with Crippen molar-refractivity contribution in [2.24, 2.45) is 0 Å². The van der Waals surface area contributed by atoms with Crippen LogP contribution in [0.2, 0.25) is 0 Å². The number of carbonyl (C=O) groups is 1. The molecular formula is C25H35BrO3. The average molecular weight is 463 g/mol. The van der Waals surface area contributed by atoms with Gasteiger partial charge in [0.15, 0.2) is 0 Å². The van der Waals surface area contributed by atoms with E-state index in [2.05, 4.69) is 54.6 Å². The number of alkyl halides is 1. The Balaban J connectivity index is 2.38. The highest BCUT2D eigenvalue weighted by atomic mass is 79.9. The molecule has 0 fully saturated rings. The molecule has 1 atom stereocenters. The summed E-state index contributed by atoms with van der Waals surface area (Å²) in [5, 5.41) is 0.905. The number of ether oxygens (including phenoxy) is 2. The Labute approximate surface area is 184 Å². The van der Waals surface area contributed by atoms with E-state index in [0.717, 1.165) is 67.2 Å². The second-order valence-electron chi connectivity index (χ2n) is 7.88. The van der Waals surface area contributed by atoms with Gasteiger partial charge in [0, 0.05) is 23.2 Å². The third-order valence-corrected chi connectivity index (χ3v) is 5.93. The molecule has 0 radical (unpaired) electrons. The zero-order valence-corrected chi connectivity index (χ0v) is 19.6. The van der Waals surface area contributed by atoms with Gasteiger partial charge in [-0.3, -0.25) is 4.79 Å². The molecule has 0 bridgehead atoms. The summed E-state index contributed by atoms with van der Waals surface area (Å²) in [6.45, 7) is 8.13. The maximum absolute atomic E-state index is 12.5. The highest BCUT2D eigenvalue weighted by Gasteiger charge is 2.24. The lowest BCUT2D eigenvalue weighted by molar-refractivity contribution is -0.134. The van der Waals surface area contributed by atoms with Crippen molar-refractivity contribution in [3.8, 4) is 11.5 Å². The normalized spacial score (nSPS) is 16.2. The van der Waals surface area contributed by atoms with Crippen molar-refractivity contribution >= 4 is 21.9 Å². The summed E-state index contributed by atoms with van der Waals surface area (Å²) in [6.07, 6.45) is 13.7. The Hall–Kier alpha value is -1.55. The Morgan fingerprint density at radius 3 is 2.72 bits per heavy atom. The lowest BCUT2D eigenvalue weighted by atomic mass is 9.84. The van der Waals surface area contributed by atoms with Gasteiger partial charge in [-0.25, -0.2) is 0 Å². The molecule has 0 amide bonds. The summed E-state index contributed by atoms with van der Waals surface area (Å²) in [6, 6.07) is 4.16. The van der Waals surface area contributed by atoms with Crippen LogP contribution in [0, 0.1) is 0 Å². The molecule has 1 aliphatic rings. The van der Waals surface area contributed by atoms with Crippen LogP contribution in [-0.2, 0) is 11.2 Å². The summed E-state index contributed by atoms with van der Waals surface area (Å²) >= 11 is 3.42. The van der Waals surface area contributed by atoms with Crippen molar-refractivity contribution in [3.63, 3.8) is 0 Å². The van der Waals surface area contributed by atoms with Crippen LogP contribution in [0.15, 0.2) is 36.6 Å². The summed E-state index contributed by atoms with van der Waals surface area (Å²) in [7, 11) is 0. The van der Waals surface area contributed by atoms with E-state index in [1.165, 1.54) is 24.7 Å². The number of carbonyl (C=O) groups excluding carboxylic acids is 1. The zero-order chi connectivity index (χ0) is 21.1.